The lowest BCUT2D eigenvalue weighted by atomic mass is 10.2. The van der Waals surface area contributed by atoms with Gasteiger partial charge in [0.05, 0.1) is 0 Å². The van der Waals surface area contributed by atoms with Gasteiger partial charge in [-0.15, -0.1) is 10.2 Å². The summed E-state index contributed by atoms with van der Waals surface area (Å²) in [5.74, 6) is 1.37. The number of fused-ring (bicyclic) bond motifs is 1. The highest BCUT2D eigenvalue weighted by Gasteiger charge is 2.08. The number of halogens is 1. The summed E-state index contributed by atoms with van der Waals surface area (Å²) in [7, 11) is 1.80. The van der Waals surface area contributed by atoms with Crippen molar-refractivity contribution in [3.8, 4) is 0 Å². The highest BCUT2D eigenvalue weighted by atomic mass is 35.5. The number of aromatic nitrogens is 4. The fourth-order valence-electron chi connectivity index (χ4n) is 1.91. The molecule has 0 saturated heterocycles. The zero-order chi connectivity index (χ0) is 13.9. The smallest absolute Gasteiger partial charge is 0.228 e. The van der Waals surface area contributed by atoms with Gasteiger partial charge in [-0.2, -0.15) is 0 Å². The normalized spacial score (nSPS) is 10.7. The summed E-state index contributed by atoms with van der Waals surface area (Å²) < 4.78 is 1.84. The average molecular weight is 289 g/mol. The molecule has 102 valence electrons. The van der Waals surface area contributed by atoms with E-state index in [0.717, 1.165) is 10.6 Å². The lowest BCUT2D eigenvalue weighted by Gasteiger charge is -2.07. The van der Waals surface area contributed by atoms with Crippen molar-refractivity contribution in [2.45, 2.75) is 6.54 Å². The molecule has 0 aliphatic rings. The molecule has 0 aliphatic heterocycles. The van der Waals surface area contributed by atoms with Gasteiger partial charge in [-0.05, 0) is 17.7 Å². The third kappa shape index (κ3) is 2.37. The Kier molecular flexibility index (Phi) is 3.39. The number of anilines is 2. The van der Waals surface area contributed by atoms with Crippen LogP contribution in [0.25, 0.3) is 5.65 Å². The third-order valence-electron chi connectivity index (χ3n) is 2.92. The molecule has 1 aromatic carbocycles. The van der Waals surface area contributed by atoms with Crippen LogP contribution in [0, 0.1) is 0 Å². The average Bonchev–Trinajstić information content (AvgIpc) is 2.90. The summed E-state index contributed by atoms with van der Waals surface area (Å²) in [5, 5.41) is 15.1. The van der Waals surface area contributed by atoms with Crippen LogP contribution in [-0.2, 0) is 6.54 Å². The molecule has 0 radical (unpaired) electrons. The minimum absolute atomic E-state index is 0.644. The fourth-order valence-corrected chi connectivity index (χ4v) is 2.04. The second-order valence-corrected chi connectivity index (χ2v) is 4.66. The van der Waals surface area contributed by atoms with Crippen molar-refractivity contribution >= 4 is 29.0 Å². The first-order valence-electron chi connectivity index (χ1n) is 6.14. The standard InChI is InChI=1S/C13H13ClN6/c1-15-13-19-18-12-11(16-6-7-20(12)13)17-8-9-2-4-10(14)5-3-9/h2-7H,8H2,1H3,(H,15,19)(H,16,17). The Morgan fingerprint density at radius 3 is 2.75 bits per heavy atom. The number of hydrogen-bond donors (Lipinski definition) is 2. The van der Waals surface area contributed by atoms with Crippen LogP contribution in [-0.4, -0.2) is 26.6 Å². The van der Waals surface area contributed by atoms with Gasteiger partial charge >= 0.3 is 0 Å². The first-order valence-corrected chi connectivity index (χ1v) is 6.51. The van der Waals surface area contributed by atoms with Crippen molar-refractivity contribution in [2.24, 2.45) is 0 Å². The monoisotopic (exact) mass is 288 g/mol. The quantitative estimate of drug-likeness (QED) is 0.772. The Morgan fingerprint density at radius 2 is 2.00 bits per heavy atom. The second kappa shape index (κ2) is 5.34. The number of rotatable bonds is 4. The Bertz CT molecular complexity index is 721. The van der Waals surface area contributed by atoms with Crippen LogP contribution < -0.4 is 10.6 Å². The Hall–Kier alpha value is -2.34. The van der Waals surface area contributed by atoms with E-state index in [0.29, 0.717) is 24.0 Å². The van der Waals surface area contributed by atoms with E-state index in [1.807, 2.05) is 34.9 Å². The van der Waals surface area contributed by atoms with Gasteiger partial charge in [0.1, 0.15) is 0 Å². The molecular weight excluding hydrogens is 276 g/mol. The molecule has 0 atom stereocenters. The van der Waals surface area contributed by atoms with Crippen molar-refractivity contribution < 1.29 is 0 Å². The van der Waals surface area contributed by atoms with Crippen molar-refractivity contribution in [1.29, 1.82) is 0 Å². The highest BCUT2D eigenvalue weighted by molar-refractivity contribution is 6.30. The lowest BCUT2D eigenvalue weighted by Crippen LogP contribution is -2.04. The van der Waals surface area contributed by atoms with Crippen LogP contribution in [0.2, 0.25) is 5.02 Å². The molecule has 7 heteroatoms. The summed E-state index contributed by atoms with van der Waals surface area (Å²) in [6.07, 6.45) is 3.52. The number of hydrogen-bond acceptors (Lipinski definition) is 5. The molecule has 0 saturated carbocycles. The first-order chi connectivity index (χ1) is 9.78. The van der Waals surface area contributed by atoms with Crippen LogP contribution in [0.5, 0.6) is 0 Å². The summed E-state index contributed by atoms with van der Waals surface area (Å²) in [6, 6.07) is 7.67. The van der Waals surface area contributed by atoms with Gasteiger partial charge in [-0.1, -0.05) is 23.7 Å². The topological polar surface area (TPSA) is 67.1 Å². The van der Waals surface area contributed by atoms with E-state index in [-0.39, 0.29) is 0 Å². The zero-order valence-corrected chi connectivity index (χ0v) is 11.6. The first kappa shape index (κ1) is 12.7. The zero-order valence-electron chi connectivity index (χ0n) is 10.8. The van der Waals surface area contributed by atoms with Crippen LogP contribution in [0.3, 0.4) is 0 Å². The maximum atomic E-state index is 5.86. The molecule has 0 bridgehead atoms. The van der Waals surface area contributed by atoms with Gasteiger partial charge in [0.2, 0.25) is 11.6 Å². The van der Waals surface area contributed by atoms with Gasteiger partial charge in [-0.25, -0.2) is 4.98 Å². The maximum Gasteiger partial charge on any atom is 0.228 e. The molecule has 2 N–H and O–H groups in total. The van der Waals surface area contributed by atoms with Crippen LogP contribution in [0.4, 0.5) is 11.8 Å². The molecule has 6 nitrogen and oxygen atoms in total. The van der Waals surface area contributed by atoms with E-state index in [1.54, 1.807) is 13.2 Å². The predicted molar refractivity (Wildman–Crippen MR) is 79.1 cm³/mol. The van der Waals surface area contributed by atoms with Gasteiger partial charge in [-0.3, -0.25) is 4.40 Å². The minimum atomic E-state index is 0.644. The molecule has 0 amide bonds. The third-order valence-corrected chi connectivity index (χ3v) is 3.18. The summed E-state index contributed by atoms with van der Waals surface area (Å²) in [5.41, 5.74) is 1.80. The van der Waals surface area contributed by atoms with Crippen LogP contribution >= 0.6 is 11.6 Å². The van der Waals surface area contributed by atoms with E-state index < -0.39 is 0 Å². The van der Waals surface area contributed by atoms with E-state index in [2.05, 4.69) is 25.8 Å². The van der Waals surface area contributed by atoms with E-state index in [4.69, 9.17) is 11.6 Å². The van der Waals surface area contributed by atoms with Crippen molar-refractivity contribution in [3.63, 3.8) is 0 Å². The molecule has 0 fully saturated rings. The molecule has 2 aromatic heterocycles. The Balaban J connectivity index is 1.84. The van der Waals surface area contributed by atoms with Crippen LogP contribution in [0.1, 0.15) is 5.56 Å². The molecule has 0 aliphatic carbocycles. The van der Waals surface area contributed by atoms with Crippen LogP contribution in [0.15, 0.2) is 36.7 Å². The van der Waals surface area contributed by atoms with Crippen molar-refractivity contribution in [1.82, 2.24) is 19.6 Å². The van der Waals surface area contributed by atoms with Gasteiger partial charge < -0.3 is 10.6 Å². The Labute approximate surface area is 120 Å². The second-order valence-electron chi connectivity index (χ2n) is 4.22. The van der Waals surface area contributed by atoms with Crippen molar-refractivity contribution in [2.75, 3.05) is 17.7 Å². The minimum Gasteiger partial charge on any atom is -0.363 e. The van der Waals surface area contributed by atoms with Gasteiger partial charge in [0.15, 0.2) is 5.82 Å². The van der Waals surface area contributed by atoms with E-state index >= 15 is 0 Å². The van der Waals surface area contributed by atoms with E-state index in [1.165, 1.54) is 0 Å². The summed E-state index contributed by atoms with van der Waals surface area (Å²) in [4.78, 5) is 4.30. The predicted octanol–water partition coefficient (Wildman–Crippen LogP) is 2.43. The molecule has 2 heterocycles. The van der Waals surface area contributed by atoms with Gasteiger partial charge in [0, 0.05) is 31.0 Å². The number of benzene rings is 1. The molecule has 3 rings (SSSR count). The number of nitrogens with zero attached hydrogens (tertiary/aromatic N) is 4. The molecular formula is C13H13ClN6. The summed E-state index contributed by atoms with van der Waals surface area (Å²) in [6.45, 7) is 0.644. The van der Waals surface area contributed by atoms with Crippen molar-refractivity contribution in [3.05, 3.63) is 47.2 Å². The molecule has 20 heavy (non-hydrogen) atoms. The van der Waals surface area contributed by atoms with Gasteiger partial charge in [0.25, 0.3) is 0 Å². The Morgan fingerprint density at radius 1 is 1.20 bits per heavy atom. The molecule has 0 spiro atoms. The molecule has 3 aromatic rings. The largest absolute Gasteiger partial charge is 0.363 e. The lowest BCUT2D eigenvalue weighted by molar-refractivity contribution is 1.07. The maximum absolute atomic E-state index is 5.86. The molecule has 0 unspecified atom stereocenters. The fraction of sp³-hybridized carbons (Fsp3) is 0.154. The number of nitrogens with one attached hydrogen (secondary N) is 2. The van der Waals surface area contributed by atoms with E-state index in [9.17, 15) is 0 Å². The summed E-state index contributed by atoms with van der Waals surface area (Å²) >= 11 is 5.86. The SMILES string of the molecule is CNc1nnc2c(NCc3ccc(Cl)cc3)nccn12. The highest BCUT2D eigenvalue weighted by Crippen LogP contribution is 2.16.